The molecule has 21 heavy (non-hydrogen) atoms. The molecule has 0 fully saturated rings. The molecule has 5 nitrogen and oxygen atoms in total. The molecule has 2 aromatic rings. The minimum atomic E-state index is -3.34. The monoisotopic (exact) mass is 389 g/mol. The lowest BCUT2D eigenvalue weighted by Gasteiger charge is -2.10. The van der Waals surface area contributed by atoms with E-state index in [1.807, 2.05) is 6.07 Å². The van der Waals surface area contributed by atoms with Crippen molar-refractivity contribution in [1.29, 1.82) is 0 Å². The Morgan fingerprint density at radius 3 is 2.67 bits per heavy atom. The number of hydrogen-bond donors (Lipinski definition) is 2. The predicted octanol–water partition coefficient (Wildman–Crippen LogP) is 3.48. The normalized spacial score (nSPS) is 11.2. The number of halogens is 2. The third-order valence-corrected chi connectivity index (χ3v) is 3.86. The Bertz CT molecular complexity index is 753. The molecule has 0 aliphatic rings. The fourth-order valence-corrected chi connectivity index (χ4v) is 2.94. The van der Waals surface area contributed by atoms with Gasteiger partial charge in [0.1, 0.15) is 0 Å². The first-order valence-corrected chi connectivity index (χ1v) is 9.00. The SMILES string of the molecule is CS(=O)(=O)Nc1ccc(NCc2cncc(Br)c2)cc1Cl. The van der Waals surface area contributed by atoms with Gasteiger partial charge in [-0.15, -0.1) is 0 Å². The van der Waals surface area contributed by atoms with Crippen LogP contribution in [0.4, 0.5) is 11.4 Å². The van der Waals surface area contributed by atoms with Crippen molar-refractivity contribution in [2.45, 2.75) is 6.54 Å². The molecular weight excluding hydrogens is 378 g/mol. The molecular formula is C13H13BrClN3O2S. The molecule has 0 bridgehead atoms. The number of aromatic nitrogens is 1. The second-order valence-corrected chi connectivity index (χ2v) is 7.51. The molecule has 1 aromatic carbocycles. The fourth-order valence-electron chi connectivity index (χ4n) is 1.66. The highest BCUT2D eigenvalue weighted by atomic mass is 79.9. The van der Waals surface area contributed by atoms with Gasteiger partial charge in [0, 0.05) is 29.1 Å². The molecule has 112 valence electrons. The topological polar surface area (TPSA) is 71.1 Å². The highest BCUT2D eigenvalue weighted by Gasteiger charge is 2.07. The summed E-state index contributed by atoms with van der Waals surface area (Å²) in [5.41, 5.74) is 2.16. The van der Waals surface area contributed by atoms with Crippen LogP contribution in [0.1, 0.15) is 5.56 Å². The van der Waals surface area contributed by atoms with Crippen LogP contribution in [-0.2, 0) is 16.6 Å². The van der Waals surface area contributed by atoms with Crippen molar-refractivity contribution < 1.29 is 8.42 Å². The number of hydrogen-bond acceptors (Lipinski definition) is 4. The van der Waals surface area contributed by atoms with Crippen molar-refractivity contribution >= 4 is 48.9 Å². The first-order valence-electron chi connectivity index (χ1n) is 5.94. The lowest BCUT2D eigenvalue weighted by Crippen LogP contribution is -2.10. The van der Waals surface area contributed by atoms with Crippen molar-refractivity contribution in [2.75, 3.05) is 16.3 Å². The third kappa shape index (κ3) is 5.18. The van der Waals surface area contributed by atoms with Gasteiger partial charge < -0.3 is 5.32 Å². The summed E-state index contributed by atoms with van der Waals surface area (Å²) < 4.78 is 25.6. The van der Waals surface area contributed by atoms with Gasteiger partial charge in [-0.1, -0.05) is 11.6 Å². The van der Waals surface area contributed by atoms with E-state index in [1.165, 1.54) is 0 Å². The first kappa shape index (κ1) is 16.1. The Labute approximate surface area is 136 Å². The lowest BCUT2D eigenvalue weighted by atomic mass is 10.2. The number of nitrogens with zero attached hydrogens (tertiary/aromatic N) is 1. The van der Waals surface area contributed by atoms with E-state index in [0.29, 0.717) is 17.3 Å². The van der Waals surface area contributed by atoms with E-state index in [2.05, 4.69) is 31.0 Å². The fraction of sp³-hybridized carbons (Fsp3) is 0.154. The molecule has 1 aromatic heterocycles. The minimum Gasteiger partial charge on any atom is -0.381 e. The zero-order chi connectivity index (χ0) is 15.5. The molecule has 1 heterocycles. The van der Waals surface area contributed by atoms with Crippen LogP contribution < -0.4 is 10.0 Å². The van der Waals surface area contributed by atoms with E-state index < -0.39 is 10.0 Å². The smallest absolute Gasteiger partial charge is 0.229 e. The molecule has 0 saturated carbocycles. The number of pyridine rings is 1. The first-order chi connectivity index (χ1) is 9.83. The summed E-state index contributed by atoms with van der Waals surface area (Å²) in [6.07, 6.45) is 4.56. The van der Waals surface area contributed by atoms with E-state index >= 15 is 0 Å². The van der Waals surface area contributed by atoms with Crippen LogP contribution >= 0.6 is 27.5 Å². The number of nitrogens with one attached hydrogen (secondary N) is 2. The number of rotatable bonds is 5. The Hall–Kier alpha value is -1.31. The summed E-state index contributed by atoms with van der Waals surface area (Å²) in [6, 6.07) is 7.00. The average molecular weight is 391 g/mol. The Balaban J connectivity index is 2.07. The van der Waals surface area contributed by atoms with Crippen LogP contribution in [0.3, 0.4) is 0 Å². The van der Waals surface area contributed by atoms with Gasteiger partial charge in [0.25, 0.3) is 0 Å². The van der Waals surface area contributed by atoms with Gasteiger partial charge in [-0.2, -0.15) is 0 Å². The molecule has 2 N–H and O–H groups in total. The summed E-state index contributed by atoms with van der Waals surface area (Å²) in [5.74, 6) is 0. The summed E-state index contributed by atoms with van der Waals surface area (Å²) in [4.78, 5) is 4.08. The van der Waals surface area contributed by atoms with Gasteiger partial charge in [0.15, 0.2) is 0 Å². The summed E-state index contributed by atoms with van der Waals surface area (Å²) >= 11 is 9.42. The van der Waals surface area contributed by atoms with Crippen LogP contribution in [0.2, 0.25) is 5.02 Å². The standard InChI is InChI=1S/C13H13BrClN3O2S/c1-21(19,20)18-13-3-2-11(5-12(13)15)17-7-9-4-10(14)8-16-6-9/h2-6,8,17-18H,7H2,1H3. The molecule has 2 rings (SSSR count). The van der Waals surface area contributed by atoms with Crippen molar-refractivity contribution in [3.63, 3.8) is 0 Å². The molecule has 0 amide bonds. The highest BCUT2D eigenvalue weighted by Crippen LogP contribution is 2.26. The minimum absolute atomic E-state index is 0.331. The predicted molar refractivity (Wildman–Crippen MR) is 89.2 cm³/mol. The van der Waals surface area contributed by atoms with E-state index in [4.69, 9.17) is 11.6 Å². The van der Waals surface area contributed by atoms with Crippen molar-refractivity contribution in [1.82, 2.24) is 4.98 Å². The Morgan fingerprint density at radius 1 is 1.29 bits per heavy atom. The van der Waals surface area contributed by atoms with Crippen LogP contribution in [0, 0.1) is 0 Å². The zero-order valence-corrected chi connectivity index (χ0v) is 14.3. The molecule has 0 saturated heterocycles. The Morgan fingerprint density at radius 2 is 2.05 bits per heavy atom. The van der Waals surface area contributed by atoms with E-state index in [1.54, 1.807) is 30.6 Å². The lowest BCUT2D eigenvalue weighted by molar-refractivity contribution is 0.607. The molecule has 0 radical (unpaired) electrons. The van der Waals surface area contributed by atoms with Crippen LogP contribution in [0.15, 0.2) is 41.1 Å². The molecule has 0 atom stereocenters. The number of sulfonamides is 1. The maximum Gasteiger partial charge on any atom is 0.229 e. The quantitative estimate of drug-likeness (QED) is 0.820. The van der Waals surface area contributed by atoms with Crippen LogP contribution in [0.25, 0.3) is 0 Å². The molecule has 0 spiro atoms. The van der Waals surface area contributed by atoms with Crippen molar-refractivity contribution in [2.24, 2.45) is 0 Å². The van der Waals surface area contributed by atoms with Gasteiger partial charge in [-0.05, 0) is 45.8 Å². The maximum atomic E-state index is 11.2. The number of benzene rings is 1. The van der Waals surface area contributed by atoms with E-state index in [0.717, 1.165) is 22.0 Å². The summed E-state index contributed by atoms with van der Waals surface area (Å²) in [7, 11) is -3.34. The molecule has 0 aliphatic heterocycles. The van der Waals surface area contributed by atoms with Crippen LogP contribution in [0.5, 0.6) is 0 Å². The van der Waals surface area contributed by atoms with Gasteiger partial charge in [-0.25, -0.2) is 8.42 Å². The largest absolute Gasteiger partial charge is 0.381 e. The maximum absolute atomic E-state index is 11.2. The second kappa shape index (κ2) is 6.64. The van der Waals surface area contributed by atoms with Gasteiger partial charge in [-0.3, -0.25) is 9.71 Å². The van der Waals surface area contributed by atoms with Crippen LogP contribution in [-0.4, -0.2) is 19.7 Å². The molecule has 8 heteroatoms. The highest BCUT2D eigenvalue weighted by molar-refractivity contribution is 9.10. The Kier molecular flexibility index (Phi) is 5.08. The van der Waals surface area contributed by atoms with E-state index in [9.17, 15) is 8.42 Å². The van der Waals surface area contributed by atoms with Gasteiger partial charge in [0.05, 0.1) is 17.0 Å². The van der Waals surface area contributed by atoms with Crippen molar-refractivity contribution in [3.05, 3.63) is 51.7 Å². The summed E-state index contributed by atoms with van der Waals surface area (Å²) in [6.45, 7) is 0.585. The average Bonchev–Trinajstić information content (AvgIpc) is 2.38. The third-order valence-electron chi connectivity index (χ3n) is 2.52. The van der Waals surface area contributed by atoms with Gasteiger partial charge in [0.2, 0.25) is 10.0 Å². The van der Waals surface area contributed by atoms with E-state index in [-0.39, 0.29) is 0 Å². The number of anilines is 2. The summed E-state index contributed by atoms with van der Waals surface area (Å²) in [5, 5.41) is 3.53. The van der Waals surface area contributed by atoms with Crippen molar-refractivity contribution in [3.8, 4) is 0 Å². The zero-order valence-electron chi connectivity index (χ0n) is 11.1. The van der Waals surface area contributed by atoms with Gasteiger partial charge >= 0.3 is 0 Å². The molecule has 0 aliphatic carbocycles. The second-order valence-electron chi connectivity index (χ2n) is 4.43. The molecule has 0 unspecified atom stereocenters.